The number of nitrogens with one attached hydrogen (secondary N) is 2. The van der Waals surface area contributed by atoms with Gasteiger partial charge in [0.15, 0.2) is 0 Å². The molecule has 0 aliphatic rings. The summed E-state index contributed by atoms with van der Waals surface area (Å²) in [4.78, 5) is 15.2. The zero-order chi connectivity index (χ0) is 22.5. The van der Waals surface area contributed by atoms with Crippen LogP contribution in [0.4, 0.5) is 0 Å². The minimum atomic E-state index is -3.83. The molecular weight excluding hydrogens is 398 g/mol. The van der Waals surface area contributed by atoms with Crippen molar-refractivity contribution in [2.24, 2.45) is 5.92 Å². The maximum atomic E-state index is 13.0. The molecule has 1 atom stereocenters. The molecule has 2 rings (SSSR count). The molecule has 7 heteroatoms. The Hall–Kier alpha value is -1.96. The highest BCUT2D eigenvalue weighted by Crippen LogP contribution is 2.19. The minimum absolute atomic E-state index is 0.158. The lowest BCUT2D eigenvalue weighted by molar-refractivity contribution is -0.123. The number of sulfonamides is 1. The summed E-state index contributed by atoms with van der Waals surface area (Å²) >= 11 is 0. The van der Waals surface area contributed by atoms with Gasteiger partial charge in [-0.2, -0.15) is 4.72 Å². The summed E-state index contributed by atoms with van der Waals surface area (Å²) in [6, 6.07) is 12.5. The van der Waals surface area contributed by atoms with E-state index in [-0.39, 0.29) is 16.7 Å². The zero-order valence-corrected chi connectivity index (χ0v) is 19.7. The molecule has 0 radical (unpaired) electrons. The molecular formula is C23H35N3O3S. The van der Waals surface area contributed by atoms with Gasteiger partial charge in [0, 0.05) is 25.2 Å². The predicted molar refractivity (Wildman–Crippen MR) is 123 cm³/mol. The molecule has 0 heterocycles. The van der Waals surface area contributed by atoms with E-state index in [9.17, 15) is 13.2 Å². The molecule has 2 aromatic rings. The molecule has 0 aliphatic heterocycles. The summed E-state index contributed by atoms with van der Waals surface area (Å²) in [7, 11) is -3.83. The van der Waals surface area contributed by atoms with Gasteiger partial charge in [0.25, 0.3) is 0 Å². The summed E-state index contributed by atoms with van der Waals surface area (Å²) in [5, 5.41) is 4.71. The molecule has 0 unspecified atom stereocenters. The lowest BCUT2D eigenvalue weighted by Gasteiger charge is -2.31. The summed E-state index contributed by atoms with van der Waals surface area (Å²) in [5.41, 5.74) is 0. The summed E-state index contributed by atoms with van der Waals surface area (Å²) in [6.45, 7) is 13.3. The highest BCUT2D eigenvalue weighted by molar-refractivity contribution is 7.89. The SMILES string of the molecule is CC(C)[C@@H](NS(=O)(=O)c1ccc2ccccc2c1)C(=O)NCCN(C(C)C)C(C)C. The number of nitrogens with zero attached hydrogens (tertiary/aromatic N) is 1. The average molecular weight is 434 g/mol. The van der Waals surface area contributed by atoms with Crippen LogP contribution in [-0.4, -0.2) is 50.4 Å². The van der Waals surface area contributed by atoms with E-state index >= 15 is 0 Å². The van der Waals surface area contributed by atoms with Gasteiger partial charge in [-0.05, 0) is 56.5 Å². The van der Waals surface area contributed by atoms with Crippen molar-refractivity contribution in [1.29, 1.82) is 0 Å². The number of carbonyl (C=O) groups is 1. The monoisotopic (exact) mass is 433 g/mol. The van der Waals surface area contributed by atoms with Crippen LogP contribution in [0.3, 0.4) is 0 Å². The Morgan fingerprint density at radius 2 is 1.53 bits per heavy atom. The van der Waals surface area contributed by atoms with Gasteiger partial charge in [0.2, 0.25) is 15.9 Å². The number of benzene rings is 2. The number of amides is 1. The van der Waals surface area contributed by atoms with Crippen LogP contribution >= 0.6 is 0 Å². The van der Waals surface area contributed by atoms with Gasteiger partial charge >= 0.3 is 0 Å². The van der Waals surface area contributed by atoms with Crippen molar-refractivity contribution in [2.75, 3.05) is 13.1 Å². The third-order valence-electron chi connectivity index (χ3n) is 5.26. The fourth-order valence-corrected chi connectivity index (χ4v) is 4.97. The number of carbonyl (C=O) groups excluding carboxylic acids is 1. The summed E-state index contributed by atoms with van der Waals surface area (Å²) in [5.74, 6) is -0.492. The molecule has 0 saturated heterocycles. The maximum Gasteiger partial charge on any atom is 0.241 e. The summed E-state index contributed by atoms with van der Waals surface area (Å²) in [6.07, 6.45) is 0. The van der Waals surface area contributed by atoms with Crippen LogP contribution in [0.5, 0.6) is 0 Å². The number of rotatable bonds is 10. The van der Waals surface area contributed by atoms with Gasteiger partial charge in [-0.1, -0.05) is 44.2 Å². The second kappa shape index (κ2) is 10.4. The van der Waals surface area contributed by atoms with Crippen LogP contribution in [0.1, 0.15) is 41.5 Å². The van der Waals surface area contributed by atoms with E-state index in [4.69, 9.17) is 0 Å². The van der Waals surface area contributed by atoms with Crippen molar-refractivity contribution in [2.45, 2.75) is 64.6 Å². The van der Waals surface area contributed by atoms with Crippen molar-refractivity contribution in [3.8, 4) is 0 Å². The van der Waals surface area contributed by atoms with Crippen LogP contribution in [0.25, 0.3) is 10.8 Å². The van der Waals surface area contributed by atoms with Gasteiger partial charge in [-0.3, -0.25) is 9.69 Å². The first kappa shape index (κ1) is 24.3. The smallest absolute Gasteiger partial charge is 0.241 e. The topological polar surface area (TPSA) is 78.5 Å². The molecule has 1 amide bonds. The van der Waals surface area contributed by atoms with E-state index < -0.39 is 16.1 Å². The standard InChI is InChI=1S/C23H35N3O3S/c1-16(2)22(23(27)24-13-14-26(17(3)4)18(5)6)25-30(28,29)21-12-11-19-9-7-8-10-20(19)15-21/h7-12,15-18,22,25H,13-14H2,1-6H3,(H,24,27)/t22-/m1/s1. The maximum absolute atomic E-state index is 13.0. The largest absolute Gasteiger partial charge is 0.353 e. The molecule has 0 fully saturated rings. The van der Waals surface area contributed by atoms with Gasteiger partial charge in [0.05, 0.1) is 4.90 Å². The number of hydrogen-bond acceptors (Lipinski definition) is 4. The second-order valence-electron chi connectivity index (χ2n) is 8.57. The van der Waals surface area contributed by atoms with Crippen LogP contribution in [-0.2, 0) is 14.8 Å². The van der Waals surface area contributed by atoms with E-state index in [1.807, 2.05) is 38.1 Å². The Kier molecular flexibility index (Phi) is 8.41. The van der Waals surface area contributed by atoms with Crippen molar-refractivity contribution in [3.63, 3.8) is 0 Å². The molecule has 166 valence electrons. The van der Waals surface area contributed by atoms with E-state index in [2.05, 4.69) is 42.6 Å². The van der Waals surface area contributed by atoms with Gasteiger partial charge in [-0.25, -0.2) is 8.42 Å². The molecule has 6 nitrogen and oxygen atoms in total. The lowest BCUT2D eigenvalue weighted by Crippen LogP contribution is -2.51. The fourth-order valence-electron chi connectivity index (χ4n) is 3.59. The quantitative estimate of drug-likeness (QED) is 0.602. The number of fused-ring (bicyclic) bond motifs is 1. The van der Waals surface area contributed by atoms with Crippen LogP contribution in [0.15, 0.2) is 47.4 Å². The van der Waals surface area contributed by atoms with E-state index in [0.717, 1.165) is 10.8 Å². The molecule has 0 spiro atoms. The highest BCUT2D eigenvalue weighted by atomic mass is 32.2. The van der Waals surface area contributed by atoms with Crippen molar-refractivity contribution >= 4 is 26.7 Å². The van der Waals surface area contributed by atoms with Crippen LogP contribution in [0, 0.1) is 5.92 Å². The second-order valence-corrected chi connectivity index (χ2v) is 10.3. The van der Waals surface area contributed by atoms with Crippen LogP contribution in [0.2, 0.25) is 0 Å². The van der Waals surface area contributed by atoms with Gasteiger partial charge < -0.3 is 5.32 Å². The van der Waals surface area contributed by atoms with Crippen molar-refractivity contribution in [3.05, 3.63) is 42.5 Å². The molecule has 0 aliphatic carbocycles. The Balaban J connectivity index is 2.10. The predicted octanol–water partition coefficient (Wildman–Crippen LogP) is 3.38. The number of hydrogen-bond donors (Lipinski definition) is 2. The van der Waals surface area contributed by atoms with Gasteiger partial charge in [0.1, 0.15) is 6.04 Å². The minimum Gasteiger partial charge on any atom is -0.353 e. The Morgan fingerprint density at radius 3 is 2.10 bits per heavy atom. The molecule has 0 aromatic heterocycles. The molecule has 2 N–H and O–H groups in total. The van der Waals surface area contributed by atoms with E-state index in [0.29, 0.717) is 25.2 Å². The molecule has 0 saturated carbocycles. The Bertz CT molecular complexity index is 947. The van der Waals surface area contributed by atoms with Crippen molar-refractivity contribution in [1.82, 2.24) is 14.9 Å². The van der Waals surface area contributed by atoms with E-state index in [1.165, 1.54) is 0 Å². The third-order valence-corrected chi connectivity index (χ3v) is 6.70. The van der Waals surface area contributed by atoms with Crippen molar-refractivity contribution < 1.29 is 13.2 Å². The normalized spacial score (nSPS) is 13.5. The third kappa shape index (κ3) is 6.27. The molecule has 30 heavy (non-hydrogen) atoms. The zero-order valence-electron chi connectivity index (χ0n) is 18.8. The highest BCUT2D eigenvalue weighted by Gasteiger charge is 2.28. The van der Waals surface area contributed by atoms with E-state index in [1.54, 1.807) is 18.2 Å². The Labute approximate surface area is 181 Å². The summed E-state index contributed by atoms with van der Waals surface area (Å²) < 4.78 is 28.5. The lowest BCUT2D eigenvalue weighted by atomic mass is 10.1. The average Bonchev–Trinajstić information content (AvgIpc) is 2.68. The molecule has 0 bridgehead atoms. The molecule has 2 aromatic carbocycles. The first-order valence-electron chi connectivity index (χ1n) is 10.6. The Morgan fingerprint density at radius 1 is 0.933 bits per heavy atom. The van der Waals surface area contributed by atoms with Crippen LogP contribution < -0.4 is 10.0 Å². The fraction of sp³-hybridized carbons (Fsp3) is 0.522. The first-order chi connectivity index (χ1) is 14.0. The first-order valence-corrected chi connectivity index (χ1v) is 12.1. The van der Waals surface area contributed by atoms with Gasteiger partial charge in [-0.15, -0.1) is 0 Å².